The minimum atomic E-state index is -0.242. The summed E-state index contributed by atoms with van der Waals surface area (Å²) < 4.78 is 0. The van der Waals surface area contributed by atoms with E-state index in [1.54, 1.807) is 0 Å². The topological polar surface area (TPSA) is 60.9 Å². The number of likely N-dealkylation sites (tertiary alicyclic amines) is 1. The van der Waals surface area contributed by atoms with Crippen LogP contribution < -0.4 is 0 Å². The molecule has 2 aliphatic rings. The van der Waals surface area contributed by atoms with Gasteiger partial charge in [-0.1, -0.05) is 48.5 Å². The number of hydrogen-bond donors (Lipinski definition) is 1. The van der Waals surface area contributed by atoms with Gasteiger partial charge in [0.15, 0.2) is 0 Å². The number of aliphatic hydroxyl groups is 1. The largest absolute Gasteiger partial charge is 0.396 e. The number of amides is 2. The SMILES string of the molecule is Cc1ccc(C2=C(N3CCCC(CO)C3)C(=O)N(Cc3ccccc3)C2=O)cc1C. The van der Waals surface area contributed by atoms with Crippen molar-refractivity contribution in [3.05, 3.63) is 76.5 Å². The molecule has 0 aliphatic carbocycles. The van der Waals surface area contributed by atoms with Gasteiger partial charge in [0, 0.05) is 19.7 Å². The number of piperidine rings is 1. The zero-order valence-corrected chi connectivity index (χ0v) is 17.6. The van der Waals surface area contributed by atoms with E-state index in [9.17, 15) is 14.7 Å². The fourth-order valence-electron chi connectivity index (χ4n) is 4.34. The highest BCUT2D eigenvalue weighted by Crippen LogP contribution is 2.35. The van der Waals surface area contributed by atoms with Gasteiger partial charge in [0.05, 0.1) is 12.1 Å². The molecule has 2 aliphatic heterocycles. The number of carbonyl (C=O) groups is 2. The number of imide groups is 1. The van der Waals surface area contributed by atoms with E-state index in [1.165, 1.54) is 4.90 Å². The van der Waals surface area contributed by atoms with Crippen molar-refractivity contribution in [2.45, 2.75) is 33.2 Å². The monoisotopic (exact) mass is 404 g/mol. The summed E-state index contributed by atoms with van der Waals surface area (Å²) in [5, 5.41) is 9.66. The fraction of sp³-hybridized carbons (Fsp3) is 0.360. The lowest BCUT2D eigenvalue weighted by molar-refractivity contribution is -0.138. The molecule has 0 bridgehead atoms. The van der Waals surface area contributed by atoms with Gasteiger partial charge >= 0.3 is 0 Å². The molecular weight excluding hydrogens is 376 g/mol. The molecule has 2 aromatic rings. The van der Waals surface area contributed by atoms with Crippen LogP contribution in [-0.4, -0.2) is 46.4 Å². The molecule has 1 unspecified atom stereocenters. The Labute approximate surface area is 177 Å². The quantitative estimate of drug-likeness (QED) is 0.777. The third kappa shape index (κ3) is 3.77. The molecule has 2 heterocycles. The van der Waals surface area contributed by atoms with E-state index < -0.39 is 0 Å². The van der Waals surface area contributed by atoms with Crippen LogP contribution in [0.4, 0.5) is 0 Å². The number of rotatable bonds is 5. The maximum atomic E-state index is 13.5. The first-order chi connectivity index (χ1) is 14.5. The highest BCUT2D eigenvalue weighted by atomic mass is 16.3. The summed E-state index contributed by atoms with van der Waals surface area (Å²) in [5.74, 6) is -0.359. The molecule has 2 amide bonds. The van der Waals surface area contributed by atoms with E-state index in [0.717, 1.165) is 41.6 Å². The number of aliphatic hydroxyl groups excluding tert-OH is 1. The van der Waals surface area contributed by atoms with Crippen molar-refractivity contribution in [1.29, 1.82) is 0 Å². The Morgan fingerprint density at radius 3 is 2.47 bits per heavy atom. The Bertz CT molecular complexity index is 997. The molecule has 156 valence electrons. The zero-order valence-electron chi connectivity index (χ0n) is 17.6. The maximum absolute atomic E-state index is 13.5. The molecule has 1 atom stereocenters. The van der Waals surface area contributed by atoms with Crippen molar-refractivity contribution in [2.24, 2.45) is 5.92 Å². The van der Waals surface area contributed by atoms with Crippen LogP contribution >= 0.6 is 0 Å². The second kappa shape index (κ2) is 8.44. The lowest BCUT2D eigenvalue weighted by atomic mass is 9.96. The number of aryl methyl sites for hydroxylation is 2. The van der Waals surface area contributed by atoms with Gasteiger partial charge in [0.1, 0.15) is 5.70 Å². The van der Waals surface area contributed by atoms with Crippen LogP contribution in [0.5, 0.6) is 0 Å². The van der Waals surface area contributed by atoms with Gasteiger partial charge < -0.3 is 10.0 Å². The predicted octanol–water partition coefficient (Wildman–Crippen LogP) is 3.29. The summed E-state index contributed by atoms with van der Waals surface area (Å²) >= 11 is 0. The Morgan fingerprint density at radius 2 is 1.77 bits per heavy atom. The minimum Gasteiger partial charge on any atom is -0.396 e. The smallest absolute Gasteiger partial charge is 0.278 e. The van der Waals surface area contributed by atoms with Crippen LogP contribution in [-0.2, 0) is 16.1 Å². The molecule has 1 fully saturated rings. The van der Waals surface area contributed by atoms with E-state index in [1.807, 2.05) is 67.3 Å². The van der Waals surface area contributed by atoms with Gasteiger partial charge in [0.2, 0.25) is 0 Å². The van der Waals surface area contributed by atoms with E-state index in [4.69, 9.17) is 0 Å². The number of hydrogen-bond acceptors (Lipinski definition) is 4. The summed E-state index contributed by atoms with van der Waals surface area (Å²) in [5.41, 5.74) is 4.92. The van der Waals surface area contributed by atoms with E-state index >= 15 is 0 Å². The lowest BCUT2D eigenvalue weighted by Crippen LogP contribution is -2.40. The number of benzene rings is 2. The molecule has 1 N–H and O–H groups in total. The third-order valence-electron chi connectivity index (χ3n) is 6.22. The summed E-state index contributed by atoms with van der Waals surface area (Å²) in [6.07, 6.45) is 1.84. The predicted molar refractivity (Wildman–Crippen MR) is 116 cm³/mol. The van der Waals surface area contributed by atoms with Gasteiger partial charge in [-0.2, -0.15) is 0 Å². The van der Waals surface area contributed by atoms with Crippen LogP contribution in [0.1, 0.15) is 35.1 Å². The minimum absolute atomic E-state index is 0.0959. The van der Waals surface area contributed by atoms with E-state index in [-0.39, 0.29) is 30.9 Å². The Kier molecular flexibility index (Phi) is 5.73. The molecule has 4 rings (SSSR count). The van der Waals surface area contributed by atoms with Crippen molar-refractivity contribution in [2.75, 3.05) is 19.7 Å². The van der Waals surface area contributed by atoms with Crippen LogP contribution in [0, 0.1) is 19.8 Å². The van der Waals surface area contributed by atoms with Crippen molar-refractivity contribution < 1.29 is 14.7 Å². The van der Waals surface area contributed by atoms with Gasteiger partial charge in [-0.05, 0) is 54.9 Å². The highest BCUT2D eigenvalue weighted by molar-refractivity contribution is 6.35. The second-order valence-electron chi connectivity index (χ2n) is 8.34. The summed E-state index contributed by atoms with van der Waals surface area (Å²) in [4.78, 5) is 30.4. The van der Waals surface area contributed by atoms with Crippen molar-refractivity contribution in [3.63, 3.8) is 0 Å². The van der Waals surface area contributed by atoms with Crippen molar-refractivity contribution >= 4 is 17.4 Å². The number of nitrogens with zero attached hydrogens (tertiary/aromatic N) is 2. The Balaban J connectivity index is 1.76. The molecule has 0 aromatic heterocycles. The normalized spacial score (nSPS) is 19.8. The van der Waals surface area contributed by atoms with Crippen LogP contribution in [0.3, 0.4) is 0 Å². The van der Waals surface area contributed by atoms with E-state index in [2.05, 4.69) is 0 Å². The fourth-order valence-corrected chi connectivity index (χ4v) is 4.34. The molecule has 2 aromatic carbocycles. The van der Waals surface area contributed by atoms with Gasteiger partial charge in [-0.3, -0.25) is 14.5 Å². The van der Waals surface area contributed by atoms with Crippen LogP contribution in [0.2, 0.25) is 0 Å². The molecule has 1 saturated heterocycles. The van der Waals surface area contributed by atoms with Gasteiger partial charge in [0.25, 0.3) is 11.8 Å². The van der Waals surface area contributed by atoms with E-state index in [0.29, 0.717) is 17.8 Å². The first-order valence-electron chi connectivity index (χ1n) is 10.6. The molecule has 5 nitrogen and oxygen atoms in total. The Hall–Kier alpha value is -2.92. The summed E-state index contributed by atoms with van der Waals surface area (Å²) in [6, 6.07) is 15.5. The third-order valence-corrected chi connectivity index (χ3v) is 6.22. The summed E-state index contributed by atoms with van der Waals surface area (Å²) in [7, 11) is 0. The molecule has 5 heteroatoms. The van der Waals surface area contributed by atoms with Crippen molar-refractivity contribution in [1.82, 2.24) is 9.80 Å². The Morgan fingerprint density at radius 1 is 1.00 bits per heavy atom. The highest BCUT2D eigenvalue weighted by Gasteiger charge is 2.42. The first-order valence-corrected chi connectivity index (χ1v) is 10.6. The molecule has 0 spiro atoms. The summed E-state index contributed by atoms with van der Waals surface area (Å²) in [6.45, 7) is 5.72. The van der Waals surface area contributed by atoms with Crippen LogP contribution in [0.25, 0.3) is 5.57 Å². The molecule has 0 radical (unpaired) electrons. The molecule has 0 saturated carbocycles. The van der Waals surface area contributed by atoms with Gasteiger partial charge in [-0.15, -0.1) is 0 Å². The van der Waals surface area contributed by atoms with Crippen LogP contribution in [0.15, 0.2) is 54.2 Å². The molecular formula is C25H28N2O3. The van der Waals surface area contributed by atoms with Crippen molar-refractivity contribution in [3.8, 4) is 0 Å². The zero-order chi connectivity index (χ0) is 21.3. The average molecular weight is 405 g/mol. The molecule has 30 heavy (non-hydrogen) atoms. The first kappa shape index (κ1) is 20.4. The lowest BCUT2D eigenvalue weighted by Gasteiger charge is -2.34. The second-order valence-corrected chi connectivity index (χ2v) is 8.34. The average Bonchev–Trinajstić information content (AvgIpc) is 3.01. The number of carbonyl (C=O) groups excluding carboxylic acids is 2. The maximum Gasteiger partial charge on any atom is 0.278 e. The van der Waals surface area contributed by atoms with Gasteiger partial charge in [-0.25, -0.2) is 0 Å². The standard InChI is InChI=1S/C25H28N2O3/c1-17-10-11-21(13-18(17)2)22-23(26-12-6-9-20(14-26)16-28)25(30)27(24(22)29)15-19-7-4-3-5-8-19/h3-5,7-8,10-11,13,20,28H,6,9,12,14-16H2,1-2H3.